The van der Waals surface area contributed by atoms with Crippen LogP contribution in [0.4, 0.5) is 0 Å². The number of rotatable bonds is 1. The van der Waals surface area contributed by atoms with Crippen LogP contribution in [0.15, 0.2) is 40.5 Å². The Morgan fingerprint density at radius 3 is 2.72 bits per heavy atom. The molecule has 2 aromatic rings. The third kappa shape index (κ3) is 1.86. The van der Waals surface area contributed by atoms with Crippen molar-refractivity contribution in [1.29, 1.82) is 0 Å². The van der Waals surface area contributed by atoms with Crippen molar-refractivity contribution in [2.75, 3.05) is 0 Å². The summed E-state index contributed by atoms with van der Waals surface area (Å²) in [5.74, 6) is 0.605. The summed E-state index contributed by atoms with van der Waals surface area (Å²) in [5.41, 5.74) is 9.75. The molecule has 0 spiro atoms. The van der Waals surface area contributed by atoms with Gasteiger partial charge in [0.2, 0.25) is 0 Å². The number of nitrogens with two attached hydrogens (primary N) is 1. The van der Waals surface area contributed by atoms with Gasteiger partial charge in [0.15, 0.2) is 0 Å². The van der Waals surface area contributed by atoms with Crippen molar-refractivity contribution >= 4 is 22.5 Å². The van der Waals surface area contributed by atoms with Gasteiger partial charge in [0.05, 0.1) is 11.2 Å². The molecule has 3 rings (SSSR count). The van der Waals surface area contributed by atoms with Crippen molar-refractivity contribution < 1.29 is 0 Å². The summed E-state index contributed by atoms with van der Waals surface area (Å²) in [5, 5.41) is 9.33. The molecule has 0 amide bonds. The van der Waals surface area contributed by atoms with Crippen molar-refractivity contribution in [3.05, 3.63) is 41.6 Å². The van der Waals surface area contributed by atoms with Crippen LogP contribution in [0.5, 0.6) is 0 Å². The molecule has 18 heavy (non-hydrogen) atoms. The summed E-state index contributed by atoms with van der Waals surface area (Å²) >= 11 is 0. The van der Waals surface area contributed by atoms with E-state index >= 15 is 0 Å². The fourth-order valence-electron chi connectivity index (χ4n) is 2.21. The summed E-state index contributed by atoms with van der Waals surface area (Å²) in [6.07, 6.45) is 1.61. The highest BCUT2D eigenvalue weighted by atomic mass is 15.2. The molecule has 90 valence electrons. The maximum Gasteiger partial charge on any atom is 0.122 e. The van der Waals surface area contributed by atoms with Gasteiger partial charge < -0.3 is 5.73 Å². The van der Waals surface area contributed by atoms with Crippen LogP contribution in [-0.4, -0.2) is 16.5 Å². The second-order valence-electron chi connectivity index (χ2n) is 4.47. The van der Waals surface area contributed by atoms with Gasteiger partial charge in [-0.1, -0.05) is 18.2 Å². The molecule has 2 N–H and O–H groups in total. The lowest BCUT2D eigenvalue weighted by Gasteiger charge is -2.12. The first-order valence-corrected chi connectivity index (χ1v) is 5.99. The monoisotopic (exact) mass is 238 g/mol. The zero-order valence-electron chi connectivity index (χ0n) is 10.2. The number of aromatic nitrogens is 1. The average Bonchev–Trinajstić information content (AvgIpc) is 2.38. The second kappa shape index (κ2) is 4.22. The summed E-state index contributed by atoms with van der Waals surface area (Å²) in [4.78, 5) is 4.53. The first-order chi connectivity index (χ1) is 8.74. The third-order valence-corrected chi connectivity index (χ3v) is 3.07. The Balaban J connectivity index is 2.23. The number of benzene rings is 1. The third-order valence-electron chi connectivity index (χ3n) is 3.07. The van der Waals surface area contributed by atoms with Gasteiger partial charge in [-0.25, -0.2) is 0 Å². The number of nitrogens with zero attached hydrogens (tertiary/aromatic N) is 3. The van der Waals surface area contributed by atoms with Crippen LogP contribution in [0.25, 0.3) is 10.9 Å². The van der Waals surface area contributed by atoms with Gasteiger partial charge >= 0.3 is 0 Å². The molecule has 1 aliphatic heterocycles. The topological polar surface area (TPSA) is 63.6 Å². The number of pyridine rings is 1. The highest BCUT2D eigenvalue weighted by molar-refractivity contribution is 6.12. The van der Waals surface area contributed by atoms with Crippen molar-refractivity contribution in [3.63, 3.8) is 0 Å². The molecule has 0 aliphatic carbocycles. The molecule has 4 nitrogen and oxygen atoms in total. The fraction of sp³-hybridized carbons (Fsp3) is 0.214. The van der Waals surface area contributed by atoms with Crippen LogP contribution in [0, 0.1) is 6.92 Å². The minimum Gasteiger partial charge on any atom is -0.386 e. The van der Waals surface area contributed by atoms with Gasteiger partial charge in [-0.05, 0) is 25.5 Å². The first-order valence-electron chi connectivity index (χ1n) is 5.99. The van der Waals surface area contributed by atoms with E-state index in [4.69, 9.17) is 5.73 Å². The van der Waals surface area contributed by atoms with E-state index in [1.807, 2.05) is 25.1 Å². The van der Waals surface area contributed by atoms with E-state index in [0.29, 0.717) is 5.84 Å². The highest BCUT2D eigenvalue weighted by Crippen LogP contribution is 2.21. The predicted octanol–water partition coefficient (Wildman–Crippen LogP) is 2.40. The van der Waals surface area contributed by atoms with Gasteiger partial charge in [0.1, 0.15) is 5.84 Å². The number of para-hydroxylation sites is 1. The van der Waals surface area contributed by atoms with Crippen molar-refractivity contribution in [2.45, 2.75) is 19.8 Å². The molecule has 0 saturated heterocycles. The predicted molar refractivity (Wildman–Crippen MR) is 73.9 cm³/mol. The Morgan fingerprint density at radius 1 is 1.11 bits per heavy atom. The summed E-state index contributed by atoms with van der Waals surface area (Å²) in [6, 6.07) is 10.2. The molecular weight excluding hydrogens is 224 g/mol. The average molecular weight is 238 g/mol. The van der Waals surface area contributed by atoms with Gasteiger partial charge in [-0.3, -0.25) is 4.98 Å². The minimum absolute atomic E-state index is 0.605. The summed E-state index contributed by atoms with van der Waals surface area (Å²) in [7, 11) is 0. The smallest absolute Gasteiger partial charge is 0.122 e. The fourth-order valence-corrected chi connectivity index (χ4v) is 2.21. The molecule has 0 saturated carbocycles. The largest absolute Gasteiger partial charge is 0.386 e. The highest BCUT2D eigenvalue weighted by Gasteiger charge is 2.13. The van der Waals surface area contributed by atoms with Crippen LogP contribution in [0.3, 0.4) is 0 Å². The van der Waals surface area contributed by atoms with Crippen LogP contribution in [0.2, 0.25) is 0 Å². The molecule has 0 bridgehead atoms. The molecule has 0 atom stereocenters. The van der Waals surface area contributed by atoms with Crippen LogP contribution in [0.1, 0.15) is 24.1 Å². The molecule has 1 aromatic carbocycles. The Hall–Kier alpha value is -2.23. The van der Waals surface area contributed by atoms with Crippen molar-refractivity contribution in [3.8, 4) is 0 Å². The van der Waals surface area contributed by atoms with Gasteiger partial charge in [-0.15, -0.1) is 5.10 Å². The van der Waals surface area contributed by atoms with Crippen LogP contribution >= 0.6 is 0 Å². The lowest BCUT2D eigenvalue weighted by atomic mass is 9.99. The van der Waals surface area contributed by atoms with Crippen LogP contribution in [-0.2, 0) is 0 Å². The molecule has 1 aromatic heterocycles. The zero-order chi connectivity index (χ0) is 12.5. The van der Waals surface area contributed by atoms with E-state index in [1.165, 1.54) is 0 Å². The number of amidine groups is 1. The normalized spacial score (nSPS) is 15.4. The Kier molecular flexibility index (Phi) is 2.55. The van der Waals surface area contributed by atoms with Crippen molar-refractivity contribution in [1.82, 2.24) is 4.98 Å². The number of hydrogen-bond acceptors (Lipinski definition) is 4. The first kappa shape index (κ1) is 10.9. The SMILES string of the molecule is Cc1cc(C2=NN=C(N)CC2)c2ccccc2n1. The van der Waals surface area contributed by atoms with E-state index in [0.717, 1.165) is 40.7 Å². The molecule has 2 heterocycles. The molecular formula is C14H14N4. The van der Waals surface area contributed by atoms with Crippen molar-refractivity contribution in [2.24, 2.45) is 15.9 Å². The second-order valence-corrected chi connectivity index (χ2v) is 4.47. The van der Waals surface area contributed by atoms with Gasteiger partial charge in [0, 0.05) is 23.1 Å². The molecule has 0 radical (unpaired) electrons. The minimum atomic E-state index is 0.605. The lowest BCUT2D eigenvalue weighted by molar-refractivity contribution is 1.02. The standard InChI is InChI=1S/C14H14N4/c1-9-8-11(13-6-7-14(15)18-17-13)10-4-2-3-5-12(10)16-9/h2-5,8H,6-7H2,1H3,(H2,15,18). The molecule has 1 aliphatic rings. The number of fused-ring (bicyclic) bond motifs is 1. The van der Waals surface area contributed by atoms with Gasteiger partial charge in [-0.2, -0.15) is 5.10 Å². The van der Waals surface area contributed by atoms with E-state index in [2.05, 4.69) is 27.3 Å². The summed E-state index contributed by atoms with van der Waals surface area (Å²) < 4.78 is 0. The quantitative estimate of drug-likeness (QED) is 0.829. The van der Waals surface area contributed by atoms with Gasteiger partial charge in [0.25, 0.3) is 0 Å². The Labute approximate surface area is 105 Å². The number of aryl methyl sites for hydroxylation is 1. The van der Waals surface area contributed by atoms with E-state index in [1.54, 1.807) is 0 Å². The lowest BCUT2D eigenvalue weighted by Crippen LogP contribution is -2.18. The van der Waals surface area contributed by atoms with E-state index in [-0.39, 0.29) is 0 Å². The Bertz CT molecular complexity index is 671. The van der Waals surface area contributed by atoms with E-state index in [9.17, 15) is 0 Å². The molecule has 0 fully saturated rings. The molecule has 0 unspecified atom stereocenters. The number of hydrogen-bond donors (Lipinski definition) is 1. The van der Waals surface area contributed by atoms with E-state index < -0.39 is 0 Å². The Morgan fingerprint density at radius 2 is 1.94 bits per heavy atom. The van der Waals surface area contributed by atoms with Crippen LogP contribution < -0.4 is 5.73 Å². The zero-order valence-corrected chi connectivity index (χ0v) is 10.2. The maximum absolute atomic E-state index is 5.65. The molecule has 4 heteroatoms. The maximum atomic E-state index is 5.65. The summed E-state index contributed by atoms with van der Waals surface area (Å²) in [6.45, 7) is 2.00.